The number of esters is 1. The molecule has 5 rings (SSSR count). The van der Waals surface area contributed by atoms with Gasteiger partial charge in [-0.25, -0.2) is 4.79 Å². The Morgan fingerprint density at radius 2 is 1.87 bits per heavy atom. The minimum absolute atomic E-state index is 0.0822. The van der Waals surface area contributed by atoms with E-state index in [1.807, 2.05) is 6.07 Å². The molecule has 0 radical (unpaired) electrons. The molecule has 0 spiro atoms. The van der Waals surface area contributed by atoms with E-state index in [2.05, 4.69) is 30.1 Å². The molecule has 1 aliphatic carbocycles. The number of ether oxygens (including phenoxy) is 2. The number of benzene rings is 2. The zero-order valence-corrected chi connectivity index (χ0v) is 23.2. The van der Waals surface area contributed by atoms with Gasteiger partial charge >= 0.3 is 12.3 Å². The quantitative estimate of drug-likeness (QED) is 0.209. The van der Waals surface area contributed by atoms with Crippen molar-refractivity contribution in [2.24, 2.45) is 0 Å². The molecule has 204 valence electrons. The number of aromatic nitrogens is 1. The van der Waals surface area contributed by atoms with Crippen LogP contribution in [0.25, 0.3) is 10.9 Å². The predicted octanol–water partition coefficient (Wildman–Crippen LogP) is 7.13. The maximum absolute atomic E-state index is 13.5. The highest BCUT2D eigenvalue weighted by atomic mass is 79.9. The number of hydrogen-bond acceptors (Lipinski definition) is 6. The summed E-state index contributed by atoms with van der Waals surface area (Å²) in [6, 6.07) is 7.46. The van der Waals surface area contributed by atoms with Crippen LogP contribution in [0.4, 0.5) is 13.2 Å². The van der Waals surface area contributed by atoms with Crippen molar-refractivity contribution < 1.29 is 32.5 Å². The number of halogens is 4. The van der Waals surface area contributed by atoms with Gasteiger partial charge in [0.15, 0.2) is 0 Å². The minimum Gasteiger partial charge on any atom is -0.506 e. The van der Waals surface area contributed by atoms with Gasteiger partial charge in [0.2, 0.25) is 0 Å². The average molecular weight is 613 g/mol. The fourth-order valence-electron chi connectivity index (χ4n) is 5.26. The molecule has 2 heterocycles. The molecule has 2 aromatic carbocycles. The van der Waals surface area contributed by atoms with Crippen molar-refractivity contribution in [2.75, 3.05) is 19.7 Å². The van der Waals surface area contributed by atoms with Crippen LogP contribution in [0, 0.1) is 0 Å². The van der Waals surface area contributed by atoms with Crippen LogP contribution in [0.1, 0.15) is 71.1 Å². The molecule has 1 saturated carbocycles. The zero-order valence-electron chi connectivity index (χ0n) is 20.7. The molecule has 1 atom stereocenters. The van der Waals surface area contributed by atoms with Gasteiger partial charge < -0.3 is 19.1 Å². The third-order valence-corrected chi connectivity index (χ3v) is 8.17. The first kappa shape index (κ1) is 27.2. The van der Waals surface area contributed by atoms with Gasteiger partial charge in [0.25, 0.3) is 0 Å². The number of thiol groups is 1. The maximum atomic E-state index is 13.5. The van der Waals surface area contributed by atoms with E-state index in [0.717, 1.165) is 44.3 Å². The van der Waals surface area contributed by atoms with Gasteiger partial charge in [0.05, 0.1) is 33.1 Å². The lowest BCUT2D eigenvalue weighted by Gasteiger charge is -2.18. The number of fused-ring (bicyclic) bond motifs is 1. The Bertz CT molecular complexity index is 1350. The summed E-state index contributed by atoms with van der Waals surface area (Å²) in [5.74, 6) is -0.775. The van der Waals surface area contributed by atoms with E-state index in [0.29, 0.717) is 38.8 Å². The van der Waals surface area contributed by atoms with E-state index < -0.39 is 17.6 Å². The smallest absolute Gasteiger partial charge is 0.506 e. The Labute approximate surface area is 232 Å². The summed E-state index contributed by atoms with van der Waals surface area (Å²) >= 11 is 8.40. The molecule has 6 nitrogen and oxygen atoms in total. The van der Waals surface area contributed by atoms with E-state index in [1.165, 1.54) is 24.3 Å². The molecule has 2 fully saturated rings. The highest BCUT2D eigenvalue weighted by Crippen LogP contribution is 2.49. The Kier molecular flexibility index (Phi) is 7.63. The summed E-state index contributed by atoms with van der Waals surface area (Å²) in [5.41, 5.74) is 2.98. The maximum Gasteiger partial charge on any atom is 0.573 e. The fraction of sp³-hybridized carbons (Fsp3) is 0.444. The van der Waals surface area contributed by atoms with Crippen LogP contribution in [0.5, 0.6) is 11.5 Å². The molecule has 1 saturated heterocycles. The van der Waals surface area contributed by atoms with Crippen molar-refractivity contribution in [1.29, 1.82) is 0 Å². The molecule has 1 aliphatic heterocycles. The first-order valence-electron chi connectivity index (χ1n) is 12.6. The molecule has 1 aromatic heterocycles. The van der Waals surface area contributed by atoms with Crippen molar-refractivity contribution in [3.05, 3.63) is 57.2 Å². The summed E-state index contributed by atoms with van der Waals surface area (Å²) in [4.78, 5) is 15.8. The van der Waals surface area contributed by atoms with Crippen LogP contribution in [-0.2, 0) is 11.3 Å². The van der Waals surface area contributed by atoms with Gasteiger partial charge in [-0.2, -0.15) is 12.6 Å². The standard InChI is InChI=1S/C27H28BrF3N2O4S/c1-2-36-26(35)22-21-18(14-32-11-3-4-12-32)24(34)19(28)13-20(21)33(16-7-8-16)23(22)25(38)15-5-9-17(10-6-15)37-27(29,30)31/h5-6,9-10,13,16,25,34,38H,2-4,7-8,11-12,14H2,1H3. The highest BCUT2D eigenvalue weighted by Gasteiger charge is 2.37. The number of likely N-dealkylation sites (tertiary alicyclic amines) is 1. The highest BCUT2D eigenvalue weighted by molar-refractivity contribution is 9.10. The average Bonchev–Trinajstić information content (AvgIpc) is 3.45. The molecular weight excluding hydrogens is 585 g/mol. The van der Waals surface area contributed by atoms with E-state index in [1.54, 1.807) is 6.92 Å². The second-order valence-corrected chi connectivity index (χ2v) is 11.0. The van der Waals surface area contributed by atoms with E-state index in [9.17, 15) is 23.1 Å². The van der Waals surface area contributed by atoms with Crippen molar-refractivity contribution >= 4 is 45.4 Å². The predicted molar refractivity (Wildman–Crippen MR) is 144 cm³/mol. The Morgan fingerprint density at radius 3 is 2.45 bits per heavy atom. The summed E-state index contributed by atoms with van der Waals surface area (Å²) in [6.07, 6.45) is -0.818. The number of hydrogen-bond donors (Lipinski definition) is 2. The van der Waals surface area contributed by atoms with Crippen LogP contribution >= 0.6 is 28.6 Å². The normalized spacial score (nSPS) is 17.2. The van der Waals surface area contributed by atoms with Crippen LogP contribution in [0.3, 0.4) is 0 Å². The Morgan fingerprint density at radius 1 is 1.21 bits per heavy atom. The number of aromatic hydroxyl groups is 1. The van der Waals surface area contributed by atoms with Crippen LogP contribution in [0.15, 0.2) is 34.8 Å². The molecule has 0 bridgehead atoms. The molecule has 0 amide bonds. The van der Waals surface area contributed by atoms with Gasteiger partial charge in [-0.15, -0.1) is 13.2 Å². The SMILES string of the molecule is CCOC(=O)c1c(C(S)c2ccc(OC(F)(F)F)cc2)n(C2CC2)c2cc(Br)c(O)c(CN3CCCC3)c12. The van der Waals surface area contributed by atoms with Gasteiger partial charge in [-0.1, -0.05) is 12.1 Å². The number of nitrogens with zero attached hydrogens (tertiary/aromatic N) is 2. The van der Waals surface area contributed by atoms with Crippen molar-refractivity contribution in [3.8, 4) is 11.5 Å². The topological polar surface area (TPSA) is 63.9 Å². The van der Waals surface area contributed by atoms with Crippen molar-refractivity contribution in [3.63, 3.8) is 0 Å². The summed E-state index contributed by atoms with van der Waals surface area (Å²) in [7, 11) is 0. The molecule has 1 N–H and O–H groups in total. The zero-order chi connectivity index (χ0) is 27.2. The largest absolute Gasteiger partial charge is 0.573 e. The van der Waals surface area contributed by atoms with Crippen molar-refractivity contribution in [1.82, 2.24) is 9.47 Å². The number of carbonyl (C=O) groups excluding carboxylic acids is 1. The number of phenols is 1. The van der Waals surface area contributed by atoms with E-state index in [-0.39, 0.29) is 24.1 Å². The third kappa shape index (κ3) is 5.37. The van der Waals surface area contributed by atoms with Crippen LogP contribution < -0.4 is 4.74 Å². The van der Waals surface area contributed by atoms with E-state index >= 15 is 0 Å². The number of rotatable bonds is 8. The summed E-state index contributed by atoms with van der Waals surface area (Å²) in [5, 5.41) is 11.1. The third-order valence-electron chi connectivity index (χ3n) is 7.02. The molecule has 2 aliphatic rings. The number of carbonyl (C=O) groups is 1. The molecular formula is C27H28BrF3N2O4S. The second-order valence-electron chi connectivity index (χ2n) is 9.66. The summed E-state index contributed by atoms with van der Waals surface area (Å²) < 4.78 is 50.2. The van der Waals surface area contributed by atoms with Gasteiger partial charge in [0, 0.05) is 23.5 Å². The summed E-state index contributed by atoms with van der Waals surface area (Å²) in [6.45, 7) is 4.18. The van der Waals surface area contributed by atoms with Crippen LogP contribution in [-0.4, -0.2) is 46.6 Å². The number of phenolic OH excluding ortho intramolecular Hbond substituents is 1. The number of alkyl halides is 3. The monoisotopic (exact) mass is 612 g/mol. The van der Waals surface area contributed by atoms with Gasteiger partial charge in [0.1, 0.15) is 11.5 Å². The molecule has 38 heavy (non-hydrogen) atoms. The minimum atomic E-state index is -4.79. The van der Waals surface area contributed by atoms with Gasteiger partial charge in [-0.05, 0) is 85.4 Å². The van der Waals surface area contributed by atoms with Gasteiger partial charge in [-0.3, -0.25) is 4.90 Å². The Balaban J connectivity index is 1.71. The van der Waals surface area contributed by atoms with E-state index in [4.69, 9.17) is 17.4 Å². The first-order chi connectivity index (χ1) is 18.1. The molecule has 3 aromatic rings. The molecule has 1 unspecified atom stereocenters. The lowest BCUT2D eigenvalue weighted by atomic mass is 10.00. The fourth-order valence-corrected chi connectivity index (χ4v) is 6.14. The molecule has 11 heteroatoms. The Hall–Kier alpha value is -2.37. The van der Waals surface area contributed by atoms with Crippen molar-refractivity contribution in [2.45, 2.75) is 56.8 Å². The lowest BCUT2D eigenvalue weighted by molar-refractivity contribution is -0.274. The lowest BCUT2D eigenvalue weighted by Crippen LogP contribution is -2.19. The second kappa shape index (κ2) is 10.7. The van der Waals surface area contributed by atoms with Crippen LogP contribution in [0.2, 0.25) is 0 Å². The first-order valence-corrected chi connectivity index (χ1v) is 13.9.